The minimum atomic E-state index is -0.224. The van der Waals surface area contributed by atoms with E-state index in [1.807, 2.05) is 0 Å². The van der Waals surface area contributed by atoms with Gasteiger partial charge < -0.3 is 9.64 Å². The highest BCUT2D eigenvalue weighted by Gasteiger charge is 2.39. The molecular formula is C12H17BrClN3O. The summed E-state index contributed by atoms with van der Waals surface area (Å²) < 4.78 is 6.90. The first-order valence-electron chi connectivity index (χ1n) is 5.82. The Bertz CT molecular complexity index is 449. The molecule has 100 valence electrons. The van der Waals surface area contributed by atoms with Crippen LogP contribution in [0.1, 0.15) is 27.7 Å². The Labute approximate surface area is 121 Å². The van der Waals surface area contributed by atoms with E-state index in [1.54, 1.807) is 6.20 Å². The Morgan fingerprint density at radius 3 is 2.39 bits per heavy atom. The molecule has 2 heterocycles. The van der Waals surface area contributed by atoms with E-state index >= 15 is 0 Å². The topological polar surface area (TPSA) is 38.2 Å². The molecule has 18 heavy (non-hydrogen) atoms. The maximum absolute atomic E-state index is 6.05. The van der Waals surface area contributed by atoms with E-state index in [2.05, 4.69) is 58.5 Å². The third kappa shape index (κ3) is 3.13. The van der Waals surface area contributed by atoms with Crippen LogP contribution in [-0.4, -0.2) is 34.3 Å². The zero-order valence-electron chi connectivity index (χ0n) is 11.0. The van der Waals surface area contributed by atoms with E-state index in [-0.39, 0.29) is 16.5 Å². The fourth-order valence-electron chi connectivity index (χ4n) is 2.50. The van der Waals surface area contributed by atoms with Crippen molar-refractivity contribution in [3.8, 4) is 0 Å². The third-order valence-corrected chi connectivity index (χ3v) is 3.43. The lowest BCUT2D eigenvalue weighted by Gasteiger charge is -2.47. The highest BCUT2D eigenvalue weighted by atomic mass is 79.9. The van der Waals surface area contributed by atoms with E-state index in [1.165, 1.54) is 0 Å². The number of rotatable bonds is 1. The van der Waals surface area contributed by atoms with Crippen LogP contribution in [0.3, 0.4) is 0 Å². The number of hydrogen-bond acceptors (Lipinski definition) is 4. The number of hydrogen-bond donors (Lipinski definition) is 0. The van der Waals surface area contributed by atoms with E-state index < -0.39 is 0 Å². The summed E-state index contributed by atoms with van der Waals surface area (Å²) in [7, 11) is 0. The number of morpholine rings is 1. The molecule has 1 aliphatic rings. The fourth-order valence-corrected chi connectivity index (χ4v) is 3.07. The van der Waals surface area contributed by atoms with Crippen molar-refractivity contribution in [2.75, 3.05) is 18.0 Å². The minimum Gasteiger partial charge on any atom is -0.366 e. The van der Waals surface area contributed by atoms with Crippen LogP contribution in [0.4, 0.5) is 5.82 Å². The van der Waals surface area contributed by atoms with Gasteiger partial charge in [-0.1, -0.05) is 0 Å². The molecule has 0 saturated carbocycles. The second-order valence-corrected chi connectivity index (χ2v) is 6.98. The fraction of sp³-hybridized carbons (Fsp3) is 0.667. The van der Waals surface area contributed by atoms with Crippen LogP contribution in [0, 0.1) is 0 Å². The van der Waals surface area contributed by atoms with Crippen molar-refractivity contribution in [3.63, 3.8) is 0 Å². The molecule has 0 amide bonds. The summed E-state index contributed by atoms with van der Waals surface area (Å²) in [5, 5.41) is 0.260. The number of ether oxygens (including phenoxy) is 1. The van der Waals surface area contributed by atoms with Gasteiger partial charge in [-0.2, -0.15) is 4.98 Å². The normalized spacial score (nSPS) is 22.0. The predicted octanol–water partition coefficient (Wildman–Crippen LogP) is 3.29. The van der Waals surface area contributed by atoms with Crippen LogP contribution in [-0.2, 0) is 4.74 Å². The third-order valence-electron chi connectivity index (χ3n) is 2.69. The summed E-state index contributed by atoms with van der Waals surface area (Å²) in [5.74, 6) is 0.819. The van der Waals surface area contributed by atoms with Crippen LogP contribution in [0.25, 0.3) is 0 Å². The van der Waals surface area contributed by atoms with Crippen molar-refractivity contribution < 1.29 is 4.74 Å². The van der Waals surface area contributed by atoms with Crippen molar-refractivity contribution in [1.82, 2.24) is 9.97 Å². The summed E-state index contributed by atoms with van der Waals surface area (Å²) in [6.45, 7) is 9.86. The Morgan fingerprint density at radius 2 is 1.83 bits per heavy atom. The van der Waals surface area contributed by atoms with Gasteiger partial charge in [0.2, 0.25) is 5.28 Å². The van der Waals surface area contributed by atoms with Gasteiger partial charge in [0.25, 0.3) is 0 Å². The Hall–Kier alpha value is -0.390. The molecule has 0 bridgehead atoms. The van der Waals surface area contributed by atoms with Gasteiger partial charge in [0.15, 0.2) is 0 Å². The van der Waals surface area contributed by atoms with Gasteiger partial charge >= 0.3 is 0 Å². The smallest absolute Gasteiger partial charge is 0.224 e. The van der Waals surface area contributed by atoms with Gasteiger partial charge in [0, 0.05) is 19.3 Å². The first kappa shape index (κ1) is 14.0. The molecule has 1 saturated heterocycles. The SMILES string of the molecule is CC1(C)CN(c2nc(Cl)ncc2Br)CC(C)(C)O1. The monoisotopic (exact) mass is 333 g/mol. The summed E-state index contributed by atoms with van der Waals surface area (Å²) in [5.41, 5.74) is -0.447. The van der Waals surface area contributed by atoms with Crippen molar-refractivity contribution >= 4 is 33.3 Å². The molecule has 1 aromatic heterocycles. The molecule has 6 heteroatoms. The number of aromatic nitrogens is 2. The molecule has 2 rings (SSSR count). The van der Waals surface area contributed by atoms with Gasteiger partial charge in [0.05, 0.1) is 15.7 Å². The molecular weight excluding hydrogens is 318 g/mol. The molecule has 0 N–H and O–H groups in total. The lowest BCUT2D eigenvalue weighted by atomic mass is 9.99. The molecule has 1 aliphatic heterocycles. The molecule has 0 aromatic carbocycles. The van der Waals surface area contributed by atoms with Gasteiger partial charge in [-0.3, -0.25) is 0 Å². The molecule has 0 atom stereocenters. The van der Waals surface area contributed by atoms with Crippen LogP contribution in [0.2, 0.25) is 5.28 Å². The van der Waals surface area contributed by atoms with Crippen LogP contribution in [0.5, 0.6) is 0 Å². The average molecular weight is 335 g/mol. The minimum absolute atomic E-state index is 0.224. The number of nitrogens with zero attached hydrogens (tertiary/aromatic N) is 3. The van der Waals surface area contributed by atoms with Crippen molar-refractivity contribution in [2.45, 2.75) is 38.9 Å². The lowest BCUT2D eigenvalue weighted by Crippen LogP contribution is -2.57. The van der Waals surface area contributed by atoms with E-state index in [9.17, 15) is 0 Å². The zero-order chi connectivity index (χ0) is 13.6. The summed E-state index contributed by atoms with van der Waals surface area (Å²) >= 11 is 9.35. The number of halogens is 2. The maximum atomic E-state index is 6.05. The largest absolute Gasteiger partial charge is 0.366 e. The number of anilines is 1. The standard InChI is InChI=1S/C12H17BrClN3O/c1-11(2)6-17(7-12(3,4)18-11)9-8(13)5-15-10(14)16-9/h5H,6-7H2,1-4H3. The molecule has 1 aromatic rings. The van der Waals surface area contributed by atoms with Gasteiger partial charge in [-0.25, -0.2) is 4.98 Å². The van der Waals surface area contributed by atoms with Crippen LogP contribution < -0.4 is 4.90 Å². The first-order valence-corrected chi connectivity index (χ1v) is 6.99. The van der Waals surface area contributed by atoms with Crippen molar-refractivity contribution in [2.24, 2.45) is 0 Å². The summed E-state index contributed by atoms with van der Waals surface area (Å²) in [6, 6.07) is 0. The molecule has 0 radical (unpaired) electrons. The summed E-state index contributed by atoms with van der Waals surface area (Å²) in [4.78, 5) is 10.4. The Morgan fingerprint density at radius 1 is 1.28 bits per heavy atom. The van der Waals surface area contributed by atoms with Gasteiger partial charge in [-0.05, 0) is 55.2 Å². The van der Waals surface area contributed by atoms with E-state index in [4.69, 9.17) is 16.3 Å². The van der Waals surface area contributed by atoms with Crippen LogP contribution >= 0.6 is 27.5 Å². The molecule has 0 unspecified atom stereocenters. The Kier molecular flexibility index (Phi) is 3.60. The maximum Gasteiger partial charge on any atom is 0.224 e. The van der Waals surface area contributed by atoms with Gasteiger partial charge in [-0.15, -0.1) is 0 Å². The second kappa shape index (κ2) is 4.62. The van der Waals surface area contributed by atoms with E-state index in [0.717, 1.165) is 23.4 Å². The summed E-state index contributed by atoms with van der Waals surface area (Å²) in [6.07, 6.45) is 1.68. The highest BCUT2D eigenvalue weighted by molar-refractivity contribution is 9.10. The van der Waals surface area contributed by atoms with Crippen molar-refractivity contribution in [1.29, 1.82) is 0 Å². The average Bonchev–Trinajstić information content (AvgIpc) is 2.17. The molecule has 1 fully saturated rings. The predicted molar refractivity (Wildman–Crippen MR) is 76.2 cm³/mol. The highest BCUT2D eigenvalue weighted by Crippen LogP contribution is 2.33. The zero-order valence-corrected chi connectivity index (χ0v) is 13.3. The van der Waals surface area contributed by atoms with Crippen molar-refractivity contribution in [3.05, 3.63) is 16.0 Å². The second-order valence-electron chi connectivity index (χ2n) is 5.79. The van der Waals surface area contributed by atoms with E-state index in [0.29, 0.717) is 0 Å². The van der Waals surface area contributed by atoms with Gasteiger partial charge in [0.1, 0.15) is 5.82 Å². The first-order chi connectivity index (χ1) is 8.19. The quantitative estimate of drug-likeness (QED) is 0.739. The molecule has 0 aliphatic carbocycles. The molecule has 0 spiro atoms. The molecule has 4 nitrogen and oxygen atoms in total. The lowest BCUT2D eigenvalue weighted by molar-refractivity contribution is -0.133. The van der Waals surface area contributed by atoms with Crippen LogP contribution in [0.15, 0.2) is 10.7 Å². The Balaban J connectivity index is 2.35.